The molecule has 0 spiro atoms. The number of hydrogen-bond donors (Lipinski definition) is 0. The van der Waals surface area contributed by atoms with Crippen LogP contribution in [0, 0.1) is 19.7 Å². The Morgan fingerprint density at radius 1 is 0.861 bits per heavy atom. The van der Waals surface area contributed by atoms with Gasteiger partial charge in [0, 0.05) is 55.0 Å². The first-order valence-corrected chi connectivity index (χ1v) is 12.3. The standard InChI is InChI=1S/C30H29FN4O/c1-21-9-6-7-14-26(21)30(36)35-17-15-34(16-18-35)29-27(19-23-10-4-3-5-11-23)22(2)32-28(33-29)24-12-8-13-25(31)20-24/h3-14,20H,15-19H2,1-2H3. The number of carbonyl (C=O) groups is 1. The van der Waals surface area contributed by atoms with Crippen LogP contribution in [0.5, 0.6) is 0 Å². The number of carbonyl (C=O) groups excluding carboxylic acids is 1. The molecule has 1 amide bonds. The molecule has 5 nitrogen and oxygen atoms in total. The zero-order chi connectivity index (χ0) is 25.1. The summed E-state index contributed by atoms with van der Waals surface area (Å²) in [5.41, 5.74) is 5.50. The van der Waals surface area contributed by atoms with E-state index in [0.29, 0.717) is 44.0 Å². The number of aromatic nitrogens is 2. The van der Waals surface area contributed by atoms with Gasteiger partial charge in [-0.15, -0.1) is 0 Å². The Balaban J connectivity index is 1.45. The van der Waals surface area contributed by atoms with Crippen LogP contribution in [0.1, 0.15) is 32.7 Å². The van der Waals surface area contributed by atoms with Gasteiger partial charge in [0.15, 0.2) is 5.82 Å². The second-order valence-corrected chi connectivity index (χ2v) is 9.20. The summed E-state index contributed by atoms with van der Waals surface area (Å²) in [6.07, 6.45) is 0.702. The molecule has 4 aromatic rings. The zero-order valence-corrected chi connectivity index (χ0v) is 20.6. The summed E-state index contributed by atoms with van der Waals surface area (Å²) in [6, 6.07) is 24.4. The third-order valence-electron chi connectivity index (χ3n) is 6.74. The third kappa shape index (κ3) is 4.98. The molecule has 1 aliphatic heterocycles. The number of benzene rings is 3. The van der Waals surface area contributed by atoms with Gasteiger partial charge in [0.1, 0.15) is 11.6 Å². The molecular formula is C30H29FN4O. The fraction of sp³-hybridized carbons (Fsp3) is 0.233. The van der Waals surface area contributed by atoms with E-state index in [9.17, 15) is 9.18 Å². The van der Waals surface area contributed by atoms with E-state index in [1.165, 1.54) is 17.7 Å². The van der Waals surface area contributed by atoms with Crippen LogP contribution in [-0.4, -0.2) is 47.0 Å². The van der Waals surface area contributed by atoms with E-state index in [0.717, 1.165) is 28.2 Å². The summed E-state index contributed by atoms with van der Waals surface area (Å²) < 4.78 is 14.0. The first-order valence-electron chi connectivity index (χ1n) is 12.3. The monoisotopic (exact) mass is 480 g/mol. The molecule has 36 heavy (non-hydrogen) atoms. The van der Waals surface area contributed by atoms with E-state index in [-0.39, 0.29) is 11.7 Å². The average molecular weight is 481 g/mol. The molecule has 0 atom stereocenters. The highest BCUT2D eigenvalue weighted by Gasteiger charge is 2.26. The maximum absolute atomic E-state index is 14.0. The van der Waals surface area contributed by atoms with Gasteiger partial charge in [-0.1, -0.05) is 60.7 Å². The highest BCUT2D eigenvalue weighted by molar-refractivity contribution is 5.95. The molecule has 6 heteroatoms. The van der Waals surface area contributed by atoms with Crippen LogP contribution in [0.15, 0.2) is 78.9 Å². The van der Waals surface area contributed by atoms with Crippen LogP contribution in [0.2, 0.25) is 0 Å². The fourth-order valence-corrected chi connectivity index (χ4v) is 4.71. The minimum absolute atomic E-state index is 0.0663. The molecule has 0 bridgehead atoms. The fourth-order valence-electron chi connectivity index (χ4n) is 4.71. The van der Waals surface area contributed by atoms with Crippen LogP contribution < -0.4 is 4.90 Å². The molecule has 0 N–H and O–H groups in total. The normalized spacial score (nSPS) is 13.6. The topological polar surface area (TPSA) is 49.3 Å². The number of nitrogens with zero attached hydrogens (tertiary/aromatic N) is 4. The van der Waals surface area contributed by atoms with Crippen molar-refractivity contribution in [3.8, 4) is 11.4 Å². The van der Waals surface area contributed by atoms with Gasteiger partial charge in [0.2, 0.25) is 0 Å². The Kier molecular flexibility index (Phi) is 6.76. The molecule has 5 rings (SSSR count). The lowest BCUT2D eigenvalue weighted by Gasteiger charge is -2.37. The molecule has 1 aromatic heterocycles. The Bertz CT molecular complexity index is 1380. The molecule has 0 aliphatic carbocycles. The molecule has 1 saturated heterocycles. The number of rotatable bonds is 5. The van der Waals surface area contributed by atoms with Crippen molar-refractivity contribution in [2.24, 2.45) is 0 Å². The van der Waals surface area contributed by atoms with Crippen molar-refractivity contribution >= 4 is 11.7 Å². The quantitative estimate of drug-likeness (QED) is 0.381. The van der Waals surface area contributed by atoms with Crippen LogP contribution in [0.4, 0.5) is 10.2 Å². The predicted octanol–water partition coefficient (Wildman–Crippen LogP) is 5.45. The summed E-state index contributed by atoms with van der Waals surface area (Å²) in [5, 5.41) is 0. The van der Waals surface area contributed by atoms with Gasteiger partial charge >= 0.3 is 0 Å². The number of aryl methyl sites for hydroxylation is 2. The maximum Gasteiger partial charge on any atom is 0.254 e. The SMILES string of the molecule is Cc1ccccc1C(=O)N1CCN(c2nc(-c3cccc(F)c3)nc(C)c2Cc2ccccc2)CC1. The second-order valence-electron chi connectivity index (χ2n) is 9.20. The van der Waals surface area contributed by atoms with Crippen molar-refractivity contribution in [2.45, 2.75) is 20.3 Å². The van der Waals surface area contributed by atoms with Crippen molar-refractivity contribution in [3.05, 3.63) is 113 Å². The van der Waals surface area contributed by atoms with E-state index >= 15 is 0 Å². The van der Waals surface area contributed by atoms with Crippen LogP contribution in [0.3, 0.4) is 0 Å². The Hall–Kier alpha value is -4.06. The molecule has 0 radical (unpaired) electrons. The smallest absolute Gasteiger partial charge is 0.254 e. The lowest BCUT2D eigenvalue weighted by molar-refractivity contribution is 0.0745. The van der Waals surface area contributed by atoms with Crippen molar-refractivity contribution in [3.63, 3.8) is 0 Å². The summed E-state index contributed by atoms with van der Waals surface area (Å²) in [6.45, 7) is 6.50. The number of anilines is 1. The van der Waals surface area contributed by atoms with Gasteiger partial charge in [-0.2, -0.15) is 0 Å². The van der Waals surface area contributed by atoms with Gasteiger partial charge in [0.25, 0.3) is 5.91 Å². The van der Waals surface area contributed by atoms with Gasteiger partial charge in [-0.05, 0) is 43.2 Å². The number of halogens is 1. The van der Waals surface area contributed by atoms with Crippen LogP contribution in [0.25, 0.3) is 11.4 Å². The van der Waals surface area contributed by atoms with Crippen molar-refractivity contribution in [2.75, 3.05) is 31.1 Å². The minimum atomic E-state index is -0.313. The molecular weight excluding hydrogens is 451 g/mol. The predicted molar refractivity (Wildman–Crippen MR) is 141 cm³/mol. The number of amides is 1. The number of piperazine rings is 1. The third-order valence-corrected chi connectivity index (χ3v) is 6.74. The summed E-state index contributed by atoms with van der Waals surface area (Å²) in [4.78, 5) is 27.0. The van der Waals surface area contributed by atoms with E-state index in [2.05, 4.69) is 17.0 Å². The zero-order valence-electron chi connectivity index (χ0n) is 20.6. The minimum Gasteiger partial charge on any atom is -0.353 e. The Morgan fingerprint density at radius 3 is 2.31 bits per heavy atom. The van der Waals surface area contributed by atoms with E-state index in [4.69, 9.17) is 9.97 Å². The molecule has 182 valence electrons. The molecule has 1 fully saturated rings. The van der Waals surface area contributed by atoms with Gasteiger partial charge in [-0.25, -0.2) is 14.4 Å². The molecule has 1 aliphatic rings. The van der Waals surface area contributed by atoms with E-state index in [1.807, 2.05) is 67.3 Å². The highest BCUT2D eigenvalue weighted by atomic mass is 19.1. The van der Waals surface area contributed by atoms with Crippen molar-refractivity contribution < 1.29 is 9.18 Å². The number of hydrogen-bond acceptors (Lipinski definition) is 4. The summed E-state index contributed by atoms with van der Waals surface area (Å²) >= 11 is 0. The van der Waals surface area contributed by atoms with Crippen molar-refractivity contribution in [1.29, 1.82) is 0 Å². The summed E-state index contributed by atoms with van der Waals surface area (Å²) in [7, 11) is 0. The van der Waals surface area contributed by atoms with Crippen LogP contribution >= 0.6 is 0 Å². The van der Waals surface area contributed by atoms with Gasteiger partial charge < -0.3 is 9.80 Å². The first kappa shape index (κ1) is 23.7. The van der Waals surface area contributed by atoms with Crippen molar-refractivity contribution in [1.82, 2.24) is 14.9 Å². The molecule has 0 unspecified atom stereocenters. The maximum atomic E-state index is 14.0. The average Bonchev–Trinajstić information content (AvgIpc) is 2.90. The molecule has 3 aromatic carbocycles. The largest absolute Gasteiger partial charge is 0.353 e. The van der Waals surface area contributed by atoms with Gasteiger partial charge in [-0.3, -0.25) is 4.79 Å². The highest BCUT2D eigenvalue weighted by Crippen LogP contribution is 2.29. The van der Waals surface area contributed by atoms with E-state index in [1.54, 1.807) is 6.07 Å². The lowest BCUT2D eigenvalue weighted by Crippen LogP contribution is -2.49. The Morgan fingerprint density at radius 2 is 1.58 bits per heavy atom. The Labute approximate surface area is 211 Å². The second kappa shape index (κ2) is 10.3. The molecule has 0 saturated carbocycles. The lowest BCUT2D eigenvalue weighted by atomic mass is 10.0. The van der Waals surface area contributed by atoms with Crippen LogP contribution in [-0.2, 0) is 6.42 Å². The summed E-state index contributed by atoms with van der Waals surface area (Å²) in [5.74, 6) is 1.12. The van der Waals surface area contributed by atoms with Gasteiger partial charge in [0.05, 0.1) is 0 Å². The first-order chi connectivity index (χ1) is 17.5. The van der Waals surface area contributed by atoms with E-state index < -0.39 is 0 Å². The molecule has 2 heterocycles.